The zero-order valence-electron chi connectivity index (χ0n) is 11.7. The maximum absolute atomic E-state index is 12.3. The molecule has 1 aliphatic heterocycles. The molecule has 0 spiro atoms. The van der Waals surface area contributed by atoms with E-state index in [-0.39, 0.29) is 5.97 Å². The molecule has 18 heavy (non-hydrogen) atoms. The van der Waals surface area contributed by atoms with Crippen LogP contribution in [0.15, 0.2) is 11.8 Å². The van der Waals surface area contributed by atoms with Gasteiger partial charge in [-0.15, -0.1) is 0 Å². The fourth-order valence-electron chi connectivity index (χ4n) is 3.16. The monoisotopic (exact) mass is 251 g/mol. The molecule has 0 N–H and O–H groups in total. The summed E-state index contributed by atoms with van der Waals surface area (Å²) in [5.41, 5.74) is 0.818. The molecular weight excluding hydrogens is 226 g/mol. The third kappa shape index (κ3) is 2.55. The first-order valence-corrected chi connectivity index (χ1v) is 7.31. The molecule has 102 valence electrons. The van der Waals surface area contributed by atoms with Crippen LogP contribution in [0.1, 0.15) is 52.4 Å². The molecule has 0 aromatic heterocycles. The fourth-order valence-corrected chi connectivity index (χ4v) is 3.16. The maximum atomic E-state index is 12.3. The summed E-state index contributed by atoms with van der Waals surface area (Å²) >= 11 is 0. The molecule has 1 fully saturated rings. The van der Waals surface area contributed by atoms with E-state index in [1.165, 1.54) is 25.0 Å². The number of carbonyl (C=O) groups is 1. The van der Waals surface area contributed by atoms with Gasteiger partial charge in [-0.3, -0.25) is 4.79 Å². The summed E-state index contributed by atoms with van der Waals surface area (Å²) in [7, 11) is 0. The number of hydrogen-bond donors (Lipinski definition) is 0. The van der Waals surface area contributed by atoms with Gasteiger partial charge in [0, 0.05) is 18.8 Å². The Bertz CT molecular complexity index is 331. The van der Waals surface area contributed by atoms with Crippen LogP contribution in [0, 0.1) is 5.41 Å². The van der Waals surface area contributed by atoms with E-state index in [1.807, 2.05) is 6.92 Å². The van der Waals surface area contributed by atoms with Crippen molar-refractivity contribution in [2.75, 3.05) is 19.7 Å². The number of esters is 1. The highest BCUT2D eigenvalue weighted by Crippen LogP contribution is 2.41. The number of piperidine rings is 1. The first-order valence-electron chi connectivity index (χ1n) is 7.31. The van der Waals surface area contributed by atoms with E-state index < -0.39 is 5.41 Å². The molecular formula is C15H25NO2. The van der Waals surface area contributed by atoms with Crippen molar-refractivity contribution in [3.8, 4) is 0 Å². The smallest absolute Gasteiger partial charge is 0.317 e. The van der Waals surface area contributed by atoms with Gasteiger partial charge < -0.3 is 9.64 Å². The average molecular weight is 251 g/mol. The van der Waals surface area contributed by atoms with Crippen molar-refractivity contribution in [1.82, 2.24) is 4.90 Å². The predicted molar refractivity (Wildman–Crippen MR) is 72.1 cm³/mol. The lowest BCUT2D eigenvalue weighted by Crippen LogP contribution is -2.43. The Labute approximate surface area is 110 Å². The largest absolute Gasteiger partial charge is 0.465 e. The van der Waals surface area contributed by atoms with Crippen molar-refractivity contribution < 1.29 is 9.53 Å². The molecule has 3 nitrogen and oxygen atoms in total. The highest BCUT2D eigenvalue weighted by molar-refractivity contribution is 5.80. The second kappa shape index (κ2) is 5.77. The van der Waals surface area contributed by atoms with E-state index in [0.29, 0.717) is 6.61 Å². The van der Waals surface area contributed by atoms with Crippen LogP contribution in [0.2, 0.25) is 0 Å². The van der Waals surface area contributed by atoms with Gasteiger partial charge in [0.1, 0.15) is 5.41 Å². The van der Waals surface area contributed by atoms with E-state index in [4.69, 9.17) is 4.74 Å². The van der Waals surface area contributed by atoms with Gasteiger partial charge in [-0.2, -0.15) is 0 Å². The van der Waals surface area contributed by atoms with E-state index in [2.05, 4.69) is 17.9 Å². The Morgan fingerprint density at radius 3 is 2.72 bits per heavy atom. The lowest BCUT2D eigenvalue weighted by molar-refractivity contribution is -0.154. The second-order valence-corrected chi connectivity index (χ2v) is 5.58. The average Bonchev–Trinajstić information content (AvgIpc) is 2.40. The number of hydrogen-bond acceptors (Lipinski definition) is 3. The van der Waals surface area contributed by atoms with Crippen LogP contribution in [-0.2, 0) is 9.53 Å². The molecule has 2 aliphatic rings. The van der Waals surface area contributed by atoms with E-state index in [0.717, 1.165) is 32.4 Å². The van der Waals surface area contributed by atoms with E-state index >= 15 is 0 Å². The molecule has 1 saturated heterocycles. The van der Waals surface area contributed by atoms with Crippen LogP contribution >= 0.6 is 0 Å². The van der Waals surface area contributed by atoms with Gasteiger partial charge in [0.05, 0.1) is 6.61 Å². The van der Waals surface area contributed by atoms with Crippen LogP contribution in [0.5, 0.6) is 0 Å². The molecule has 1 atom stereocenters. The first kappa shape index (κ1) is 13.4. The van der Waals surface area contributed by atoms with E-state index in [1.54, 1.807) is 0 Å². The molecule has 1 heterocycles. The summed E-state index contributed by atoms with van der Waals surface area (Å²) in [6.07, 6.45) is 9.19. The van der Waals surface area contributed by atoms with Crippen molar-refractivity contribution >= 4 is 5.97 Å². The van der Waals surface area contributed by atoms with E-state index in [9.17, 15) is 4.79 Å². The second-order valence-electron chi connectivity index (χ2n) is 5.58. The van der Waals surface area contributed by atoms with Gasteiger partial charge in [0.25, 0.3) is 0 Å². The van der Waals surface area contributed by atoms with Crippen LogP contribution in [0.4, 0.5) is 0 Å². The number of likely N-dealkylation sites (tertiary alicyclic amines) is 1. The topological polar surface area (TPSA) is 29.5 Å². The minimum Gasteiger partial charge on any atom is -0.465 e. The molecule has 0 radical (unpaired) electrons. The molecule has 2 rings (SSSR count). The van der Waals surface area contributed by atoms with Crippen molar-refractivity contribution in [3.63, 3.8) is 0 Å². The molecule has 0 saturated carbocycles. The Morgan fingerprint density at radius 2 is 2.06 bits per heavy atom. The van der Waals surface area contributed by atoms with Crippen LogP contribution in [0.3, 0.4) is 0 Å². The molecule has 0 amide bonds. The number of carbonyl (C=O) groups excluding carboxylic acids is 1. The minimum absolute atomic E-state index is 0.0403. The molecule has 3 heteroatoms. The summed E-state index contributed by atoms with van der Waals surface area (Å²) in [5.74, 6) is -0.0403. The van der Waals surface area contributed by atoms with Crippen molar-refractivity contribution in [2.45, 2.75) is 52.4 Å². The van der Waals surface area contributed by atoms with Gasteiger partial charge in [-0.25, -0.2) is 0 Å². The Hall–Kier alpha value is -0.990. The molecule has 1 unspecified atom stereocenters. The van der Waals surface area contributed by atoms with Crippen LogP contribution in [-0.4, -0.2) is 30.6 Å². The van der Waals surface area contributed by atoms with Crippen molar-refractivity contribution in [3.05, 3.63) is 11.8 Å². The number of nitrogens with zero attached hydrogens (tertiary/aromatic N) is 1. The van der Waals surface area contributed by atoms with Crippen molar-refractivity contribution in [1.29, 1.82) is 0 Å². The first-order chi connectivity index (χ1) is 8.68. The molecule has 0 bridgehead atoms. The maximum Gasteiger partial charge on any atom is 0.317 e. The quantitative estimate of drug-likeness (QED) is 0.722. The SMILES string of the molecule is CCOC(=O)C1(C)CCCC=C1N1CCCCC1. The summed E-state index contributed by atoms with van der Waals surface area (Å²) in [4.78, 5) is 14.7. The van der Waals surface area contributed by atoms with Gasteiger partial charge in [0.2, 0.25) is 0 Å². The van der Waals surface area contributed by atoms with Crippen LogP contribution in [0.25, 0.3) is 0 Å². The third-order valence-corrected chi connectivity index (χ3v) is 4.21. The highest BCUT2D eigenvalue weighted by Gasteiger charge is 2.42. The highest BCUT2D eigenvalue weighted by atomic mass is 16.5. The summed E-state index contributed by atoms with van der Waals surface area (Å²) in [6.45, 7) is 6.61. The third-order valence-electron chi connectivity index (χ3n) is 4.21. The minimum atomic E-state index is -0.411. The normalized spacial score (nSPS) is 28.8. The lowest BCUT2D eigenvalue weighted by Gasteiger charge is -2.41. The summed E-state index contributed by atoms with van der Waals surface area (Å²) in [6, 6.07) is 0. The summed E-state index contributed by atoms with van der Waals surface area (Å²) in [5, 5.41) is 0. The Kier molecular flexibility index (Phi) is 4.31. The fraction of sp³-hybridized carbons (Fsp3) is 0.800. The van der Waals surface area contributed by atoms with Gasteiger partial charge in [-0.1, -0.05) is 6.08 Å². The lowest BCUT2D eigenvalue weighted by atomic mass is 9.76. The molecule has 0 aromatic carbocycles. The van der Waals surface area contributed by atoms with Crippen LogP contribution < -0.4 is 0 Å². The van der Waals surface area contributed by atoms with Gasteiger partial charge >= 0.3 is 5.97 Å². The Morgan fingerprint density at radius 1 is 1.33 bits per heavy atom. The summed E-state index contributed by atoms with van der Waals surface area (Å²) < 4.78 is 5.30. The van der Waals surface area contributed by atoms with Crippen molar-refractivity contribution in [2.24, 2.45) is 5.41 Å². The number of allylic oxidation sites excluding steroid dienone is 1. The molecule has 0 aromatic rings. The van der Waals surface area contributed by atoms with Gasteiger partial charge in [0.15, 0.2) is 0 Å². The predicted octanol–water partition coefficient (Wildman–Crippen LogP) is 3.11. The zero-order valence-corrected chi connectivity index (χ0v) is 11.7. The van der Waals surface area contributed by atoms with Gasteiger partial charge in [-0.05, 0) is 52.4 Å². The number of ether oxygens (including phenoxy) is 1. The standard InChI is InChI=1S/C15H25NO2/c1-3-18-14(17)15(2)10-6-5-9-13(15)16-11-7-4-8-12-16/h9H,3-8,10-12H2,1-2H3. The Balaban J connectivity index is 2.18. The number of rotatable bonds is 3. The zero-order chi connectivity index (χ0) is 13.0. The molecule has 1 aliphatic carbocycles.